The van der Waals surface area contributed by atoms with Crippen molar-refractivity contribution in [2.75, 3.05) is 14.0 Å². The van der Waals surface area contributed by atoms with Crippen molar-refractivity contribution in [3.8, 4) is 11.3 Å². The lowest BCUT2D eigenvalue weighted by Gasteiger charge is -2.11. The number of rotatable bonds is 3. The summed E-state index contributed by atoms with van der Waals surface area (Å²) in [6, 6.07) is 10.2. The molecule has 0 saturated carbocycles. The molecule has 1 aromatic carbocycles. The Morgan fingerprint density at radius 2 is 2.00 bits per heavy atom. The Hall–Kier alpha value is -2.62. The standard InChI is InChI=1S/C19H21N3O/c1-13-5-8-15(9-6-13)19-16(11-18(23)21(3)4)22-12-14(2)7-10-17(22)20-19/h5-10,12H,11H2,1-4H3/i2D3,3D3,11D. The molecule has 0 spiro atoms. The van der Waals surface area contributed by atoms with Crippen LogP contribution in [-0.4, -0.2) is 34.2 Å². The highest BCUT2D eigenvalue weighted by molar-refractivity contribution is 5.81. The molecule has 3 aromatic rings. The van der Waals surface area contributed by atoms with Gasteiger partial charge in [-0.2, -0.15) is 0 Å². The molecule has 0 aliphatic carbocycles. The number of pyridine rings is 1. The van der Waals surface area contributed by atoms with E-state index in [1.807, 2.05) is 19.1 Å². The van der Waals surface area contributed by atoms with Crippen LogP contribution in [0.25, 0.3) is 16.9 Å². The zero-order valence-corrected chi connectivity index (χ0v) is 12.9. The van der Waals surface area contributed by atoms with E-state index in [-0.39, 0.29) is 11.3 Å². The summed E-state index contributed by atoms with van der Waals surface area (Å²) in [6.07, 6.45) is -0.291. The van der Waals surface area contributed by atoms with Gasteiger partial charge in [-0.15, -0.1) is 0 Å². The van der Waals surface area contributed by atoms with Gasteiger partial charge in [-0.25, -0.2) is 4.98 Å². The smallest absolute Gasteiger partial charge is 0.228 e. The molecule has 23 heavy (non-hydrogen) atoms. The zero-order chi connectivity index (χ0) is 22.4. The van der Waals surface area contributed by atoms with Crippen molar-refractivity contribution < 1.29 is 14.4 Å². The van der Waals surface area contributed by atoms with Gasteiger partial charge >= 0.3 is 0 Å². The molecule has 0 bridgehead atoms. The number of carbonyl (C=O) groups excluding carboxylic acids is 1. The van der Waals surface area contributed by atoms with Crippen molar-refractivity contribution in [2.45, 2.75) is 20.2 Å². The first-order chi connectivity index (χ1) is 13.8. The number of hydrogen-bond donors (Lipinski definition) is 0. The Kier molecular flexibility index (Phi) is 2.27. The number of carbonyl (C=O) groups is 1. The van der Waals surface area contributed by atoms with E-state index in [2.05, 4.69) is 4.98 Å². The van der Waals surface area contributed by atoms with Gasteiger partial charge in [0.25, 0.3) is 0 Å². The Morgan fingerprint density at radius 1 is 1.26 bits per heavy atom. The lowest BCUT2D eigenvalue weighted by atomic mass is 10.1. The maximum Gasteiger partial charge on any atom is 0.228 e. The SMILES string of the molecule is [2H]C(C(=O)N(C)C([2H])([2H])[2H])c1c(-c2ccc(C)cc2)nc2ccc(C([2H])([2H])[2H])cn12. The molecule has 2 heterocycles. The summed E-state index contributed by atoms with van der Waals surface area (Å²) in [6.45, 7) is -3.18. The Labute approximate surface area is 146 Å². The molecule has 0 fully saturated rings. The molecule has 1 unspecified atom stereocenters. The fourth-order valence-corrected chi connectivity index (χ4v) is 2.34. The van der Waals surface area contributed by atoms with Crippen molar-refractivity contribution in [1.29, 1.82) is 0 Å². The van der Waals surface area contributed by atoms with Crippen LogP contribution in [0.1, 0.15) is 26.4 Å². The fraction of sp³-hybridized carbons (Fsp3) is 0.263. The van der Waals surface area contributed by atoms with E-state index in [0.717, 1.165) is 12.6 Å². The van der Waals surface area contributed by atoms with Gasteiger partial charge in [-0.05, 0) is 25.4 Å². The molecule has 0 radical (unpaired) electrons. The highest BCUT2D eigenvalue weighted by Gasteiger charge is 2.18. The summed E-state index contributed by atoms with van der Waals surface area (Å²) in [7, 11) is 1.11. The lowest BCUT2D eigenvalue weighted by molar-refractivity contribution is -0.128. The van der Waals surface area contributed by atoms with E-state index in [1.54, 1.807) is 12.1 Å². The minimum Gasteiger partial charge on any atom is -0.348 e. The van der Waals surface area contributed by atoms with Crippen molar-refractivity contribution in [2.24, 2.45) is 0 Å². The van der Waals surface area contributed by atoms with E-state index in [9.17, 15) is 4.79 Å². The van der Waals surface area contributed by atoms with Crippen LogP contribution in [0.4, 0.5) is 0 Å². The molecular weight excluding hydrogens is 286 g/mol. The van der Waals surface area contributed by atoms with Crippen LogP contribution in [0.15, 0.2) is 42.6 Å². The molecule has 0 aliphatic heterocycles. The van der Waals surface area contributed by atoms with Crippen LogP contribution in [0, 0.1) is 13.8 Å². The molecule has 1 amide bonds. The van der Waals surface area contributed by atoms with Gasteiger partial charge in [0.15, 0.2) is 0 Å². The van der Waals surface area contributed by atoms with Crippen molar-refractivity contribution >= 4 is 11.6 Å². The number of fused-ring (bicyclic) bond motifs is 1. The monoisotopic (exact) mass is 314 g/mol. The van der Waals surface area contributed by atoms with Crippen LogP contribution in [0.2, 0.25) is 0 Å². The van der Waals surface area contributed by atoms with Gasteiger partial charge in [-0.3, -0.25) is 4.79 Å². The van der Waals surface area contributed by atoms with E-state index in [4.69, 9.17) is 9.60 Å². The largest absolute Gasteiger partial charge is 0.348 e. The molecule has 0 aliphatic rings. The first-order valence-corrected chi connectivity index (χ1v) is 7.10. The summed E-state index contributed by atoms with van der Waals surface area (Å²) < 4.78 is 55.3. The first kappa shape index (κ1) is 8.87. The third-order valence-electron chi connectivity index (χ3n) is 3.57. The van der Waals surface area contributed by atoms with Gasteiger partial charge in [0.2, 0.25) is 5.91 Å². The second-order valence-corrected chi connectivity index (χ2v) is 5.40. The molecule has 0 saturated heterocycles. The number of nitrogens with zero attached hydrogens (tertiary/aromatic N) is 3. The average molecular weight is 314 g/mol. The van der Waals surface area contributed by atoms with Gasteiger partial charge in [0, 0.05) is 35.4 Å². The van der Waals surface area contributed by atoms with Gasteiger partial charge in [0.05, 0.1) is 17.8 Å². The number of likely N-dealkylation sites (N-methyl/N-ethyl adjacent to an activating group) is 1. The van der Waals surface area contributed by atoms with Crippen LogP contribution < -0.4 is 0 Å². The Bertz CT molecular complexity index is 1080. The average Bonchev–Trinajstić information content (AvgIpc) is 3.04. The van der Waals surface area contributed by atoms with E-state index in [1.165, 1.54) is 22.7 Å². The zero-order valence-electron chi connectivity index (χ0n) is 19.9. The highest BCUT2D eigenvalue weighted by Crippen LogP contribution is 2.26. The molecule has 3 rings (SSSR count). The molecule has 4 nitrogen and oxygen atoms in total. The lowest BCUT2D eigenvalue weighted by Crippen LogP contribution is -2.24. The summed E-state index contributed by atoms with van der Waals surface area (Å²) in [4.78, 5) is 17.8. The quantitative estimate of drug-likeness (QED) is 0.744. The van der Waals surface area contributed by atoms with Crippen LogP contribution >= 0.6 is 0 Å². The number of amides is 1. The molecule has 4 heteroatoms. The Balaban J connectivity index is 2.25. The summed E-state index contributed by atoms with van der Waals surface area (Å²) >= 11 is 0. The molecule has 118 valence electrons. The second kappa shape index (κ2) is 5.88. The van der Waals surface area contributed by atoms with Crippen LogP contribution in [-0.2, 0) is 11.2 Å². The third-order valence-corrected chi connectivity index (χ3v) is 3.57. The van der Waals surface area contributed by atoms with E-state index < -0.39 is 26.1 Å². The van der Waals surface area contributed by atoms with Crippen LogP contribution in [0.5, 0.6) is 0 Å². The van der Waals surface area contributed by atoms with Crippen LogP contribution in [0.3, 0.4) is 0 Å². The highest BCUT2D eigenvalue weighted by atomic mass is 16.2. The maximum atomic E-state index is 12.8. The maximum absolute atomic E-state index is 12.8. The van der Waals surface area contributed by atoms with Gasteiger partial charge in [-0.1, -0.05) is 35.9 Å². The topological polar surface area (TPSA) is 37.6 Å². The number of aromatic nitrogens is 2. The van der Waals surface area contributed by atoms with E-state index in [0.29, 0.717) is 21.8 Å². The van der Waals surface area contributed by atoms with Crippen molar-refractivity contribution in [1.82, 2.24) is 14.3 Å². The summed E-state index contributed by atoms with van der Waals surface area (Å²) in [5.41, 5.74) is 2.46. The third kappa shape index (κ3) is 2.97. The fourth-order valence-electron chi connectivity index (χ4n) is 2.34. The predicted octanol–water partition coefficient (Wildman–Crippen LogP) is 3.25. The minimum absolute atomic E-state index is 0.0212. The number of aryl methyl sites for hydroxylation is 2. The van der Waals surface area contributed by atoms with Crippen molar-refractivity contribution in [3.63, 3.8) is 0 Å². The number of benzene rings is 1. The van der Waals surface area contributed by atoms with Gasteiger partial charge in [0.1, 0.15) is 5.65 Å². The number of hydrogen-bond acceptors (Lipinski definition) is 2. The second-order valence-electron chi connectivity index (χ2n) is 5.40. The number of imidazole rings is 1. The minimum atomic E-state index is -2.70. The molecular formula is C19H21N3O. The summed E-state index contributed by atoms with van der Waals surface area (Å²) in [5, 5.41) is 0. The molecule has 1 atom stereocenters. The molecule has 2 aromatic heterocycles. The predicted molar refractivity (Wildman–Crippen MR) is 92.5 cm³/mol. The molecule has 0 N–H and O–H groups in total. The first-order valence-electron chi connectivity index (χ1n) is 10.7. The Morgan fingerprint density at radius 3 is 2.70 bits per heavy atom. The van der Waals surface area contributed by atoms with E-state index >= 15 is 0 Å². The van der Waals surface area contributed by atoms with Crippen molar-refractivity contribution in [3.05, 3.63) is 59.4 Å². The van der Waals surface area contributed by atoms with Gasteiger partial charge < -0.3 is 9.30 Å². The normalized spacial score (nSPS) is 17.9. The summed E-state index contributed by atoms with van der Waals surface area (Å²) in [5.74, 6) is -0.940.